The Bertz CT molecular complexity index is 228. The molecule has 98 valence electrons. The van der Waals surface area contributed by atoms with Crippen LogP contribution in [0.1, 0.15) is 32.1 Å². The van der Waals surface area contributed by atoms with Crippen LogP contribution in [-0.2, 0) is 0 Å². The van der Waals surface area contributed by atoms with Gasteiger partial charge in [-0.15, -0.1) is 0 Å². The summed E-state index contributed by atoms with van der Waals surface area (Å²) in [4.78, 5) is 2.71. The first-order valence-electron chi connectivity index (χ1n) is 7.43. The van der Waals surface area contributed by atoms with Gasteiger partial charge in [-0.25, -0.2) is 0 Å². The zero-order chi connectivity index (χ0) is 11.5. The molecule has 1 saturated carbocycles. The second-order valence-corrected chi connectivity index (χ2v) is 7.31. The summed E-state index contributed by atoms with van der Waals surface area (Å²) in [6.07, 6.45) is 7.18. The maximum absolute atomic E-state index is 3.77. The average molecular weight is 254 g/mol. The third-order valence-corrected chi connectivity index (χ3v) is 5.75. The molecular formula is C14H26N2S. The van der Waals surface area contributed by atoms with E-state index in [0.717, 1.165) is 17.9 Å². The SMILES string of the molecule is C1CC(CN2CCC(NCC3CC3)CC2)CS1. The summed E-state index contributed by atoms with van der Waals surface area (Å²) in [5.74, 6) is 4.85. The molecule has 2 saturated heterocycles. The summed E-state index contributed by atoms with van der Waals surface area (Å²) < 4.78 is 0. The summed E-state index contributed by atoms with van der Waals surface area (Å²) in [6.45, 7) is 5.35. The first-order valence-corrected chi connectivity index (χ1v) is 8.59. The zero-order valence-electron chi connectivity index (χ0n) is 10.9. The van der Waals surface area contributed by atoms with Crippen molar-refractivity contribution in [2.75, 3.05) is 37.7 Å². The summed E-state index contributed by atoms with van der Waals surface area (Å²) in [5.41, 5.74) is 0. The van der Waals surface area contributed by atoms with Crippen molar-refractivity contribution in [2.45, 2.75) is 38.1 Å². The highest BCUT2D eigenvalue weighted by Crippen LogP contribution is 2.28. The Hall–Kier alpha value is 0.270. The molecule has 3 rings (SSSR count). The van der Waals surface area contributed by atoms with Crippen molar-refractivity contribution in [1.82, 2.24) is 10.2 Å². The molecular weight excluding hydrogens is 228 g/mol. The standard InChI is InChI=1S/C14H26N2S/c1-2-12(1)9-15-14-3-6-16(7-4-14)10-13-5-8-17-11-13/h12-15H,1-11H2. The molecule has 0 bridgehead atoms. The van der Waals surface area contributed by atoms with Gasteiger partial charge in [0.1, 0.15) is 0 Å². The van der Waals surface area contributed by atoms with Crippen LogP contribution in [0, 0.1) is 11.8 Å². The fraction of sp³-hybridized carbons (Fsp3) is 1.00. The second-order valence-electron chi connectivity index (χ2n) is 6.16. The Kier molecular flexibility index (Phi) is 4.30. The molecule has 0 spiro atoms. The Morgan fingerprint density at radius 1 is 1.00 bits per heavy atom. The van der Waals surface area contributed by atoms with E-state index in [0.29, 0.717) is 0 Å². The minimum atomic E-state index is 0.824. The molecule has 0 radical (unpaired) electrons. The van der Waals surface area contributed by atoms with E-state index in [9.17, 15) is 0 Å². The van der Waals surface area contributed by atoms with E-state index in [1.165, 1.54) is 69.8 Å². The molecule has 0 amide bonds. The van der Waals surface area contributed by atoms with Gasteiger partial charge < -0.3 is 10.2 Å². The van der Waals surface area contributed by atoms with Gasteiger partial charge in [-0.1, -0.05) is 0 Å². The highest BCUT2D eigenvalue weighted by molar-refractivity contribution is 7.99. The predicted octanol–water partition coefficient (Wildman–Crippen LogP) is 2.20. The monoisotopic (exact) mass is 254 g/mol. The Morgan fingerprint density at radius 3 is 2.47 bits per heavy atom. The molecule has 0 aromatic rings. The Balaban J connectivity index is 1.31. The maximum Gasteiger partial charge on any atom is 0.00915 e. The van der Waals surface area contributed by atoms with Gasteiger partial charge in [0.2, 0.25) is 0 Å². The van der Waals surface area contributed by atoms with Gasteiger partial charge in [-0.2, -0.15) is 11.8 Å². The molecule has 3 fully saturated rings. The lowest BCUT2D eigenvalue weighted by molar-refractivity contribution is 0.177. The molecule has 1 aliphatic carbocycles. The predicted molar refractivity (Wildman–Crippen MR) is 75.6 cm³/mol. The molecule has 2 heterocycles. The first-order chi connectivity index (χ1) is 8.40. The first kappa shape index (κ1) is 12.3. The minimum Gasteiger partial charge on any atom is -0.314 e. The second kappa shape index (κ2) is 5.94. The molecule has 17 heavy (non-hydrogen) atoms. The molecule has 3 aliphatic rings. The van der Waals surface area contributed by atoms with Crippen molar-refractivity contribution < 1.29 is 0 Å². The fourth-order valence-electron chi connectivity index (χ4n) is 3.07. The molecule has 3 heteroatoms. The van der Waals surface area contributed by atoms with Crippen LogP contribution in [0.15, 0.2) is 0 Å². The van der Waals surface area contributed by atoms with E-state index in [-0.39, 0.29) is 0 Å². The lowest BCUT2D eigenvalue weighted by Crippen LogP contribution is -2.44. The lowest BCUT2D eigenvalue weighted by Gasteiger charge is -2.33. The van der Waals surface area contributed by atoms with Crippen molar-refractivity contribution >= 4 is 11.8 Å². The van der Waals surface area contributed by atoms with Crippen LogP contribution in [0.2, 0.25) is 0 Å². The van der Waals surface area contributed by atoms with Crippen LogP contribution in [0.4, 0.5) is 0 Å². The van der Waals surface area contributed by atoms with Gasteiger partial charge >= 0.3 is 0 Å². The van der Waals surface area contributed by atoms with Crippen molar-refractivity contribution in [3.8, 4) is 0 Å². The van der Waals surface area contributed by atoms with Gasteiger partial charge in [0, 0.05) is 12.6 Å². The summed E-state index contributed by atoms with van der Waals surface area (Å²) in [7, 11) is 0. The van der Waals surface area contributed by atoms with Crippen molar-refractivity contribution in [1.29, 1.82) is 0 Å². The van der Waals surface area contributed by atoms with Gasteiger partial charge in [0.05, 0.1) is 0 Å². The smallest absolute Gasteiger partial charge is 0.00915 e. The number of piperidine rings is 1. The third kappa shape index (κ3) is 3.87. The molecule has 1 atom stereocenters. The maximum atomic E-state index is 3.77. The summed E-state index contributed by atoms with van der Waals surface area (Å²) in [6, 6.07) is 0.824. The van der Waals surface area contributed by atoms with E-state index in [1.54, 1.807) is 0 Å². The van der Waals surface area contributed by atoms with E-state index in [4.69, 9.17) is 0 Å². The van der Waals surface area contributed by atoms with Crippen LogP contribution in [0.5, 0.6) is 0 Å². The third-order valence-electron chi connectivity index (χ3n) is 4.52. The van der Waals surface area contributed by atoms with Crippen LogP contribution < -0.4 is 5.32 Å². The van der Waals surface area contributed by atoms with Crippen molar-refractivity contribution in [3.05, 3.63) is 0 Å². The largest absolute Gasteiger partial charge is 0.314 e. The van der Waals surface area contributed by atoms with Crippen LogP contribution in [-0.4, -0.2) is 48.6 Å². The normalized spacial score (nSPS) is 32.1. The molecule has 1 unspecified atom stereocenters. The molecule has 1 N–H and O–H groups in total. The Labute approximate surface area is 110 Å². The fourth-order valence-corrected chi connectivity index (χ4v) is 4.34. The Morgan fingerprint density at radius 2 is 1.82 bits per heavy atom. The van der Waals surface area contributed by atoms with Gasteiger partial charge in [0.25, 0.3) is 0 Å². The number of nitrogens with one attached hydrogen (secondary N) is 1. The molecule has 2 nitrogen and oxygen atoms in total. The number of nitrogens with zero attached hydrogens (tertiary/aromatic N) is 1. The van der Waals surface area contributed by atoms with E-state index >= 15 is 0 Å². The van der Waals surface area contributed by atoms with Crippen molar-refractivity contribution in [2.24, 2.45) is 11.8 Å². The molecule has 2 aliphatic heterocycles. The quantitative estimate of drug-likeness (QED) is 0.810. The van der Waals surface area contributed by atoms with E-state index in [2.05, 4.69) is 22.0 Å². The van der Waals surface area contributed by atoms with Crippen LogP contribution in [0.25, 0.3) is 0 Å². The van der Waals surface area contributed by atoms with Gasteiger partial charge in [-0.05, 0) is 75.1 Å². The number of rotatable bonds is 5. The van der Waals surface area contributed by atoms with Crippen LogP contribution >= 0.6 is 11.8 Å². The van der Waals surface area contributed by atoms with E-state index < -0.39 is 0 Å². The highest BCUT2D eigenvalue weighted by atomic mass is 32.2. The van der Waals surface area contributed by atoms with Crippen LogP contribution in [0.3, 0.4) is 0 Å². The number of hydrogen-bond acceptors (Lipinski definition) is 3. The topological polar surface area (TPSA) is 15.3 Å². The number of hydrogen-bond donors (Lipinski definition) is 1. The summed E-state index contributed by atoms with van der Waals surface area (Å²) >= 11 is 2.15. The van der Waals surface area contributed by atoms with E-state index in [1.807, 2.05) is 0 Å². The van der Waals surface area contributed by atoms with Crippen molar-refractivity contribution in [3.63, 3.8) is 0 Å². The van der Waals surface area contributed by atoms with Gasteiger partial charge in [-0.3, -0.25) is 0 Å². The zero-order valence-corrected chi connectivity index (χ0v) is 11.7. The average Bonchev–Trinajstić information content (AvgIpc) is 3.05. The highest BCUT2D eigenvalue weighted by Gasteiger charge is 2.25. The minimum absolute atomic E-state index is 0.824. The van der Waals surface area contributed by atoms with Gasteiger partial charge in [0.15, 0.2) is 0 Å². The lowest BCUT2D eigenvalue weighted by atomic mass is 10.0. The molecule has 0 aromatic carbocycles. The molecule has 0 aromatic heterocycles. The number of thioether (sulfide) groups is 1. The number of likely N-dealkylation sites (tertiary alicyclic amines) is 1. The summed E-state index contributed by atoms with van der Waals surface area (Å²) in [5, 5.41) is 3.77.